The molecule has 0 aliphatic carbocycles. The largest absolute Gasteiger partial charge is 0.354 e. The number of rotatable bonds is 6. The first-order valence-corrected chi connectivity index (χ1v) is 11.2. The summed E-state index contributed by atoms with van der Waals surface area (Å²) < 4.78 is 30.5. The first kappa shape index (κ1) is 22.0. The van der Waals surface area contributed by atoms with Crippen LogP contribution in [-0.4, -0.2) is 64.2 Å². The van der Waals surface area contributed by atoms with E-state index in [-0.39, 0.29) is 23.0 Å². The van der Waals surface area contributed by atoms with E-state index in [1.807, 2.05) is 6.92 Å². The predicted octanol–water partition coefficient (Wildman–Crippen LogP) is 0.344. The van der Waals surface area contributed by atoms with E-state index in [0.717, 1.165) is 0 Å². The molecule has 1 aliphatic heterocycles. The summed E-state index contributed by atoms with van der Waals surface area (Å²) in [6.45, 7) is 4.52. The molecule has 2 aromatic heterocycles. The second-order valence-corrected chi connectivity index (χ2v) is 9.14. The second kappa shape index (κ2) is 8.56. The summed E-state index contributed by atoms with van der Waals surface area (Å²) in [6, 6.07) is 0. The van der Waals surface area contributed by atoms with Gasteiger partial charge in [-0.05, 0) is 26.7 Å². The van der Waals surface area contributed by atoms with Crippen LogP contribution in [0.4, 0.5) is 5.69 Å². The Morgan fingerprint density at radius 2 is 2.07 bits per heavy atom. The Bertz CT molecular complexity index is 1060. The molecule has 0 spiro atoms. The van der Waals surface area contributed by atoms with Gasteiger partial charge in [-0.3, -0.25) is 19.0 Å². The van der Waals surface area contributed by atoms with Crippen LogP contribution in [0.1, 0.15) is 35.9 Å². The topological polar surface area (TPSA) is 131 Å². The number of carbonyl (C=O) groups excluding carboxylic acids is 2. The Hall–Kier alpha value is -2.73. The van der Waals surface area contributed by atoms with Crippen molar-refractivity contribution < 1.29 is 18.0 Å². The molecule has 0 saturated carbocycles. The van der Waals surface area contributed by atoms with Gasteiger partial charge in [-0.2, -0.15) is 14.5 Å². The Labute approximate surface area is 175 Å². The maximum absolute atomic E-state index is 13.0. The number of anilines is 1. The van der Waals surface area contributed by atoms with Crippen LogP contribution in [0, 0.1) is 12.8 Å². The summed E-state index contributed by atoms with van der Waals surface area (Å²) in [7, 11) is -0.576. The van der Waals surface area contributed by atoms with Gasteiger partial charge in [0, 0.05) is 39.9 Å². The van der Waals surface area contributed by atoms with E-state index < -0.39 is 21.8 Å². The predicted molar refractivity (Wildman–Crippen MR) is 109 cm³/mol. The third-order valence-electron chi connectivity index (χ3n) is 5.35. The number of nitrogens with one attached hydrogen (secondary N) is 2. The van der Waals surface area contributed by atoms with Crippen LogP contribution in [-0.2, 0) is 28.4 Å². The van der Waals surface area contributed by atoms with Gasteiger partial charge in [0.05, 0.1) is 23.5 Å². The maximum Gasteiger partial charge on any atom is 0.273 e. The number of piperidine rings is 1. The first-order chi connectivity index (χ1) is 14.2. The summed E-state index contributed by atoms with van der Waals surface area (Å²) in [6.07, 6.45) is 4.05. The summed E-state index contributed by atoms with van der Waals surface area (Å²) in [5.74, 6) is -1.27. The molecule has 3 rings (SSSR count). The van der Waals surface area contributed by atoms with Crippen LogP contribution < -0.4 is 10.6 Å². The fraction of sp³-hybridized carbons (Fsp3) is 0.556. The molecule has 0 radical (unpaired) electrons. The zero-order valence-corrected chi connectivity index (χ0v) is 18.4. The summed E-state index contributed by atoms with van der Waals surface area (Å²) in [4.78, 5) is 25.1. The van der Waals surface area contributed by atoms with E-state index >= 15 is 0 Å². The average Bonchev–Trinajstić information content (AvgIpc) is 3.30. The lowest BCUT2D eigenvalue weighted by Crippen LogP contribution is -2.43. The zero-order valence-electron chi connectivity index (χ0n) is 17.5. The minimum atomic E-state index is -3.75. The first-order valence-electron chi connectivity index (χ1n) is 9.78. The van der Waals surface area contributed by atoms with Crippen molar-refractivity contribution in [1.82, 2.24) is 29.2 Å². The smallest absolute Gasteiger partial charge is 0.273 e. The number of nitrogens with zero attached hydrogens (tertiary/aromatic N) is 5. The van der Waals surface area contributed by atoms with Gasteiger partial charge in [0.25, 0.3) is 5.91 Å². The number of aryl methyl sites for hydroxylation is 2. The molecule has 164 valence electrons. The lowest BCUT2D eigenvalue weighted by molar-refractivity contribution is -0.120. The summed E-state index contributed by atoms with van der Waals surface area (Å²) >= 11 is 0. The molecular formula is C18H27N7O4S. The average molecular weight is 438 g/mol. The van der Waals surface area contributed by atoms with Crippen molar-refractivity contribution in [2.75, 3.05) is 25.5 Å². The lowest BCUT2D eigenvalue weighted by Gasteiger charge is -2.31. The van der Waals surface area contributed by atoms with Crippen molar-refractivity contribution in [2.45, 2.75) is 38.1 Å². The Morgan fingerprint density at radius 1 is 1.33 bits per heavy atom. The van der Waals surface area contributed by atoms with Crippen molar-refractivity contribution in [1.29, 1.82) is 0 Å². The highest BCUT2D eigenvalue weighted by atomic mass is 32.2. The van der Waals surface area contributed by atoms with Gasteiger partial charge in [-0.15, -0.1) is 0 Å². The number of hydrogen-bond donors (Lipinski definition) is 2. The molecule has 1 saturated heterocycles. The standard InChI is InChI=1S/C18H27N7O4S/c1-5-24-11-14(16(22-24)18(27)19-3)21-17(26)13-7-6-8-25(10-13)30(28,29)15-9-20-23(4)12(15)2/h9,11,13H,5-8,10H2,1-4H3,(H,19,27)(H,21,26). The zero-order chi connectivity index (χ0) is 22.1. The SMILES string of the molecule is CCn1cc(NC(=O)C2CCCN(S(=O)(=O)c3cnn(C)c3C)C2)c(C(=O)NC)n1. The Kier molecular flexibility index (Phi) is 6.27. The molecule has 2 amide bonds. The monoisotopic (exact) mass is 437 g/mol. The molecule has 11 nitrogen and oxygen atoms in total. The molecule has 12 heteroatoms. The number of hydrogen-bond acceptors (Lipinski definition) is 6. The fourth-order valence-corrected chi connectivity index (χ4v) is 5.15. The Balaban J connectivity index is 1.78. The van der Waals surface area contributed by atoms with E-state index in [2.05, 4.69) is 20.8 Å². The molecule has 3 heterocycles. The number of sulfonamides is 1. The normalized spacial score (nSPS) is 17.7. The minimum Gasteiger partial charge on any atom is -0.354 e. The van der Waals surface area contributed by atoms with Crippen LogP contribution in [0.2, 0.25) is 0 Å². The van der Waals surface area contributed by atoms with Gasteiger partial charge in [-0.1, -0.05) is 0 Å². The van der Waals surface area contributed by atoms with Crippen molar-refractivity contribution in [2.24, 2.45) is 13.0 Å². The van der Waals surface area contributed by atoms with Crippen molar-refractivity contribution in [3.63, 3.8) is 0 Å². The van der Waals surface area contributed by atoms with Crippen LogP contribution in [0.3, 0.4) is 0 Å². The van der Waals surface area contributed by atoms with E-state index in [1.54, 1.807) is 24.9 Å². The van der Waals surface area contributed by atoms with Gasteiger partial charge in [0.2, 0.25) is 15.9 Å². The number of carbonyl (C=O) groups is 2. The van der Waals surface area contributed by atoms with Gasteiger partial charge >= 0.3 is 0 Å². The number of aromatic nitrogens is 4. The van der Waals surface area contributed by atoms with Crippen LogP contribution in [0.5, 0.6) is 0 Å². The molecule has 2 aromatic rings. The third kappa shape index (κ3) is 4.10. The van der Waals surface area contributed by atoms with E-state index in [0.29, 0.717) is 37.3 Å². The second-order valence-electron chi connectivity index (χ2n) is 7.24. The van der Waals surface area contributed by atoms with Crippen LogP contribution >= 0.6 is 0 Å². The molecule has 0 aromatic carbocycles. The molecule has 1 aliphatic rings. The van der Waals surface area contributed by atoms with Gasteiger partial charge < -0.3 is 10.6 Å². The van der Waals surface area contributed by atoms with E-state index in [9.17, 15) is 18.0 Å². The summed E-state index contributed by atoms with van der Waals surface area (Å²) in [5, 5.41) is 13.5. The highest BCUT2D eigenvalue weighted by Gasteiger charge is 2.35. The lowest BCUT2D eigenvalue weighted by atomic mass is 9.99. The quantitative estimate of drug-likeness (QED) is 0.670. The molecule has 30 heavy (non-hydrogen) atoms. The molecule has 0 bridgehead atoms. The maximum atomic E-state index is 13.0. The van der Waals surface area contributed by atoms with Gasteiger partial charge in [0.1, 0.15) is 4.90 Å². The Morgan fingerprint density at radius 3 is 2.67 bits per heavy atom. The third-order valence-corrected chi connectivity index (χ3v) is 7.32. The van der Waals surface area contributed by atoms with E-state index in [1.165, 1.54) is 22.2 Å². The molecule has 1 fully saturated rings. The molecule has 1 unspecified atom stereocenters. The minimum absolute atomic E-state index is 0.0692. The molecular weight excluding hydrogens is 410 g/mol. The van der Waals surface area contributed by atoms with Crippen LogP contribution in [0.25, 0.3) is 0 Å². The fourth-order valence-electron chi connectivity index (χ4n) is 3.44. The highest BCUT2D eigenvalue weighted by molar-refractivity contribution is 7.89. The highest BCUT2D eigenvalue weighted by Crippen LogP contribution is 2.26. The van der Waals surface area contributed by atoms with Crippen LogP contribution in [0.15, 0.2) is 17.3 Å². The van der Waals surface area contributed by atoms with E-state index in [4.69, 9.17) is 0 Å². The number of amides is 2. The van der Waals surface area contributed by atoms with Crippen molar-refractivity contribution in [3.8, 4) is 0 Å². The summed E-state index contributed by atoms with van der Waals surface area (Å²) in [5.41, 5.74) is 0.979. The molecule has 2 N–H and O–H groups in total. The van der Waals surface area contributed by atoms with Crippen molar-refractivity contribution >= 4 is 27.5 Å². The van der Waals surface area contributed by atoms with Crippen molar-refractivity contribution in [3.05, 3.63) is 23.8 Å². The molecule has 1 atom stereocenters. The van der Waals surface area contributed by atoms with Gasteiger partial charge in [0.15, 0.2) is 5.69 Å². The van der Waals surface area contributed by atoms with Gasteiger partial charge in [-0.25, -0.2) is 8.42 Å².